The molecule has 0 fully saturated rings. The Bertz CT molecular complexity index is 213. The Morgan fingerprint density at radius 1 is 1.27 bits per heavy atom. The van der Waals surface area contributed by atoms with Gasteiger partial charge in [0, 0.05) is 6.92 Å². The average molecular weight is 214 g/mol. The molecule has 0 bridgehead atoms. The van der Waals surface area contributed by atoms with Crippen molar-refractivity contribution >= 4 is 5.97 Å². The number of aliphatic hydroxyl groups is 1. The van der Waals surface area contributed by atoms with Gasteiger partial charge in [-0.25, -0.2) is 0 Å². The van der Waals surface area contributed by atoms with Crippen LogP contribution < -0.4 is 0 Å². The summed E-state index contributed by atoms with van der Waals surface area (Å²) in [4.78, 5) is 9.00. The summed E-state index contributed by atoms with van der Waals surface area (Å²) in [6.07, 6.45) is 5.18. The van der Waals surface area contributed by atoms with Crippen LogP contribution in [0.4, 0.5) is 0 Å². The lowest BCUT2D eigenvalue weighted by atomic mass is 10.1. The minimum Gasteiger partial charge on any atom is -0.481 e. The van der Waals surface area contributed by atoms with Crippen molar-refractivity contribution < 1.29 is 15.0 Å². The van der Waals surface area contributed by atoms with E-state index in [9.17, 15) is 0 Å². The lowest BCUT2D eigenvalue weighted by Crippen LogP contribution is -1.82. The normalized spacial score (nSPS) is 10.3. The summed E-state index contributed by atoms with van der Waals surface area (Å²) in [5, 5.41) is 16.0. The second-order valence-corrected chi connectivity index (χ2v) is 3.56. The van der Waals surface area contributed by atoms with Crippen molar-refractivity contribution in [3.63, 3.8) is 0 Å². The molecule has 0 saturated carbocycles. The van der Waals surface area contributed by atoms with Crippen LogP contribution in [-0.2, 0) is 4.79 Å². The highest BCUT2D eigenvalue weighted by molar-refractivity contribution is 5.62. The highest BCUT2D eigenvalue weighted by Crippen LogP contribution is 2.09. The maximum atomic E-state index is 9.00. The summed E-state index contributed by atoms with van der Waals surface area (Å²) in [6, 6.07) is 0. The number of hydrogen-bond acceptors (Lipinski definition) is 2. The third kappa shape index (κ3) is 24.6. The molecule has 0 spiro atoms. The highest BCUT2D eigenvalue weighted by atomic mass is 16.4. The van der Waals surface area contributed by atoms with Crippen molar-refractivity contribution in [3.05, 3.63) is 23.8 Å². The summed E-state index contributed by atoms with van der Waals surface area (Å²) in [7, 11) is 0. The van der Waals surface area contributed by atoms with Gasteiger partial charge in [-0.15, -0.1) is 6.58 Å². The molecule has 2 N–H and O–H groups in total. The van der Waals surface area contributed by atoms with Gasteiger partial charge in [-0.05, 0) is 33.1 Å². The zero-order valence-electron chi connectivity index (χ0n) is 9.92. The van der Waals surface area contributed by atoms with Crippen LogP contribution in [0.15, 0.2) is 23.8 Å². The van der Waals surface area contributed by atoms with Gasteiger partial charge in [0.2, 0.25) is 0 Å². The fourth-order valence-electron chi connectivity index (χ4n) is 0.927. The van der Waals surface area contributed by atoms with Gasteiger partial charge in [-0.2, -0.15) is 0 Å². The van der Waals surface area contributed by atoms with Crippen molar-refractivity contribution in [2.45, 2.75) is 40.0 Å². The fraction of sp³-hybridized carbons (Fsp3) is 0.583. The molecule has 0 saturated heterocycles. The molecule has 0 aromatic carbocycles. The molecule has 15 heavy (non-hydrogen) atoms. The first-order valence-corrected chi connectivity index (χ1v) is 5.00. The van der Waals surface area contributed by atoms with Gasteiger partial charge in [0.1, 0.15) is 0 Å². The van der Waals surface area contributed by atoms with Gasteiger partial charge in [0.15, 0.2) is 0 Å². The maximum absolute atomic E-state index is 9.00. The molecule has 3 heteroatoms. The molecule has 0 unspecified atom stereocenters. The molecule has 0 atom stereocenters. The van der Waals surface area contributed by atoms with E-state index in [-0.39, 0.29) is 6.61 Å². The van der Waals surface area contributed by atoms with Crippen LogP contribution in [0.2, 0.25) is 0 Å². The molecule has 0 aliphatic heterocycles. The van der Waals surface area contributed by atoms with Crippen molar-refractivity contribution in [3.8, 4) is 0 Å². The number of hydrogen-bond donors (Lipinski definition) is 2. The first-order chi connectivity index (χ1) is 6.90. The summed E-state index contributed by atoms with van der Waals surface area (Å²) < 4.78 is 0. The Hall–Kier alpha value is -1.09. The first-order valence-electron chi connectivity index (χ1n) is 5.00. The van der Waals surface area contributed by atoms with E-state index in [2.05, 4.69) is 13.5 Å². The number of allylic oxidation sites excluding steroid dienone is 2. The molecule has 0 radical (unpaired) electrons. The van der Waals surface area contributed by atoms with Gasteiger partial charge in [-0.1, -0.05) is 17.2 Å². The molecule has 0 amide bonds. The van der Waals surface area contributed by atoms with Gasteiger partial charge in [0.05, 0.1) is 6.61 Å². The number of carboxylic acids is 1. The standard InChI is InChI=1S/C10H18O.C2H4O2/c1-9(2)5-4-6-10(3)7-8-11;1-2(3)4/h7,11H,1,4-6,8H2,2-3H3;1H3,(H,3,4). The molecule has 0 heterocycles. The highest BCUT2D eigenvalue weighted by Gasteiger charge is 1.90. The molecule has 88 valence electrons. The van der Waals surface area contributed by atoms with Crippen molar-refractivity contribution in [1.29, 1.82) is 0 Å². The van der Waals surface area contributed by atoms with E-state index in [1.54, 1.807) is 0 Å². The van der Waals surface area contributed by atoms with E-state index >= 15 is 0 Å². The van der Waals surface area contributed by atoms with Crippen LogP contribution in [-0.4, -0.2) is 22.8 Å². The van der Waals surface area contributed by atoms with Crippen LogP contribution in [0.3, 0.4) is 0 Å². The molecule has 0 aliphatic carbocycles. The molecule has 0 rings (SSSR count). The average Bonchev–Trinajstić information content (AvgIpc) is 2.02. The predicted molar refractivity (Wildman–Crippen MR) is 62.8 cm³/mol. The summed E-state index contributed by atoms with van der Waals surface area (Å²) in [5.74, 6) is -0.833. The summed E-state index contributed by atoms with van der Waals surface area (Å²) in [6.45, 7) is 9.17. The van der Waals surface area contributed by atoms with Crippen molar-refractivity contribution in [1.82, 2.24) is 0 Å². The lowest BCUT2D eigenvalue weighted by Gasteiger charge is -2.00. The number of rotatable bonds is 5. The Morgan fingerprint density at radius 3 is 2.07 bits per heavy atom. The molecular weight excluding hydrogens is 192 g/mol. The Labute approximate surface area is 92.1 Å². The van der Waals surface area contributed by atoms with E-state index in [1.807, 2.05) is 13.0 Å². The monoisotopic (exact) mass is 214 g/mol. The molecule has 0 aliphatic rings. The number of carboxylic acid groups (broad SMARTS) is 1. The smallest absolute Gasteiger partial charge is 0.300 e. The van der Waals surface area contributed by atoms with Crippen LogP contribution in [0.1, 0.15) is 40.0 Å². The Balaban J connectivity index is 0. The minimum absolute atomic E-state index is 0.166. The van der Waals surface area contributed by atoms with Crippen LogP contribution >= 0.6 is 0 Å². The topological polar surface area (TPSA) is 57.5 Å². The van der Waals surface area contributed by atoms with Crippen LogP contribution in [0.25, 0.3) is 0 Å². The summed E-state index contributed by atoms with van der Waals surface area (Å²) >= 11 is 0. The van der Waals surface area contributed by atoms with Crippen molar-refractivity contribution in [2.75, 3.05) is 6.61 Å². The third-order valence-corrected chi connectivity index (χ3v) is 1.61. The molecule has 0 aromatic rings. The second kappa shape index (κ2) is 11.0. The predicted octanol–water partition coefficient (Wildman–Crippen LogP) is 2.76. The van der Waals surface area contributed by atoms with Crippen LogP contribution in [0.5, 0.6) is 0 Å². The molecular formula is C12H22O3. The second-order valence-electron chi connectivity index (χ2n) is 3.56. The van der Waals surface area contributed by atoms with E-state index in [0.29, 0.717) is 0 Å². The summed E-state index contributed by atoms with van der Waals surface area (Å²) in [5.41, 5.74) is 2.51. The minimum atomic E-state index is -0.833. The fourth-order valence-corrected chi connectivity index (χ4v) is 0.927. The number of aliphatic carboxylic acids is 1. The number of carbonyl (C=O) groups is 1. The quantitative estimate of drug-likeness (QED) is 0.692. The number of aliphatic hydroxyl groups excluding tert-OH is 1. The zero-order valence-corrected chi connectivity index (χ0v) is 9.92. The van der Waals surface area contributed by atoms with Gasteiger partial charge in [0.25, 0.3) is 5.97 Å². The van der Waals surface area contributed by atoms with E-state index in [0.717, 1.165) is 26.2 Å². The van der Waals surface area contributed by atoms with Gasteiger partial charge >= 0.3 is 0 Å². The van der Waals surface area contributed by atoms with Gasteiger partial charge in [-0.3, -0.25) is 4.79 Å². The Kier molecular flexibility index (Phi) is 12.0. The Morgan fingerprint density at radius 2 is 1.73 bits per heavy atom. The maximum Gasteiger partial charge on any atom is 0.300 e. The largest absolute Gasteiger partial charge is 0.481 e. The third-order valence-electron chi connectivity index (χ3n) is 1.61. The van der Waals surface area contributed by atoms with Crippen LogP contribution in [0, 0.1) is 0 Å². The molecule has 0 aromatic heterocycles. The van der Waals surface area contributed by atoms with Gasteiger partial charge < -0.3 is 10.2 Å². The zero-order chi connectivity index (χ0) is 12.3. The van der Waals surface area contributed by atoms with E-state index < -0.39 is 5.97 Å². The van der Waals surface area contributed by atoms with E-state index in [1.165, 1.54) is 11.1 Å². The SMILES string of the molecule is C=C(C)CCCC(C)=CCO.CC(=O)O. The molecule has 3 nitrogen and oxygen atoms in total. The first kappa shape index (κ1) is 16.3. The van der Waals surface area contributed by atoms with Crippen molar-refractivity contribution in [2.24, 2.45) is 0 Å². The lowest BCUT2D eigenvalue weighted by molar-refractivity contribution is -0.134. The van der Waals surface area contributed by atoms with E-state index in [4.69, 9.17) is 15.0 Å².